The first kappa shape index (κ1) is 11.0. The number of nitrogens with one attached hydrogen (secondary N) is 1. The van der Waals surface area contributed by atoms with Gasteiger partial charge in [0.05, 0.1) is 5.69 Å². The minimum atomic E-state index is 0.716. The van der Waals surface area contributed by atoms with Gasteiger partial charge < -0.3 is 10.7 Å². The van der Waals surface area contributed by atoms with Crippen LogP contribution in [-0.2, 0) is 12.8 Å². The van der Waals surface area contributed by atoms with E-state index in [4.69, 9.17) is 5.73 Å². The Labute approximate surface area is 109 Å². The number of nitrogens with zero attached hydrogens (tertiary/aromatic N) is 1. The molecule has 0 aliphatic heterocycles. The highest BCUT2D eigenvalue weighted by atomic mass is 79.9. The number of nitrogens with two attached hydrogens (primary N) is 1. The fraction of sp³-hybridized carbons (Fsp3) is 0.308. The Balaban J connectivity index is 1.98. The van der Waals surface area contributed by atoms with Gasteiger partial charge in [0, 0.05) is 28.6 Å². The van der Waals surface area contributed by atoms with Crippen LogP contribution in [0.1, 0.15) is 23.5 Å². The van der Waals surface area contributed by atoms with E-state index in [1.807, 2.05) is 0 Å². The lowest BCUT2D eigenvalue weighted by Crippen LogP contribution is -2.01. The topological polar surface area (TPSA) is 54.7 Å². The van der Waals surface area contributed by atoms with Crippen molar-refractivity contribution in [2.75, 3.05) is 6.54 Å². The van der Waals surface area contributed by atoms with Crippen LogP contribution in [0.5, 0.6) is 0 Å². The normalized spacial score (nSPS) is 12.6. The molecule has 3 rings (SSSR count). The number of halogens is 1. The lowest BCUT2D eigenvalue weighted by molar-refractivity contribution is 0.790. The van der Waals surface area contributed by atoms with Gasteiger partial charge in [-0.05, 0) is 24.6 Å². The lowest BCUT2D eigenvalue weighted by Gasteiger charge is -2.01. The molecule has 0 radical (unpaired) electrons. The van der Waals surface area contributed by atoms with Crippen molar-refractivity contribution in [3.63, 3.8) is 0 Å². The first-order chi connectivity index (χ1) is 8.29. The van der Waals surface area contributed by atoms with Crippen LogP contribution in [0.4, 0.5) is 0 Å². The summed E-state index contributed by atoms with van der Waals surface area (Å²) in [5.74, 6) is 1.06. The van der Waals surface area contributed by atoms with Crippen molar-refractivity contribution in [2.45, 2.75) is 19.3 Å². The largest absolute Gasteiger partial charge is 0.345 e. The molecule has 0 fully saturated rings. The molecule has 1 aliphatic carbocycles. The molecule has 0 unspecified atom stereocenters. The van der Waals surface area contributed by atoms with Crippen molar-refractivity contribution in [2.24, 2.45) is 5.73 Å². The van der Waals surface area contributed by atoms with Crippen molar-refractivity contribution < 1.29 is 0 Å². The standard InChI is InChI=1S/C13H14BrN3/c14-10-4-1-3-8-9(10)7-11-13(8)17-12(16-11)5-2-6-15/h1,3-4H,2,5-7,15H2,(H,16,17). The van der Waals surface area contributed by atoms with Crippen LogP contribution >= 0.6 is 15.9 Å². The maximum absolute atomic E-state index is 5.52. The minimum absolute atomic E-state index is 0.716. The summed E-state index contributed by atoms with van der Waals surface area (Å²) < 4.78 is 1.17. The number of rotatable bonds is 3. The second kappa shape index (κ2) is 4.27. The van der Waals surface area contributed by atoms with Gasteiger partial charge in [-0.3, -0.25) is 0 Å². The molecule has 0 saturated heterocycles. The van der Waals surface area contributed by atoms with Crippen molar-refractivity contribution in [1.29, 1.82) is 0 Å². The fourth-order valence-electron chi connectivity index (χ4n) is 2.34. The van der Waals surface area contributed by atoms with Gasteiger partial charge in [-0.2, -0.15) is 0 Å². The molecule has 1 aliphatic rings. The molecule has 1 aromatic carbocycles. The summed E-state index contributed by atoms with van der Waals surface area (Å²) in [6.07, 6.45) is 2.87. The van der Waals surface area contributed by atoms with Gasteiger partial charge in [0.1, 0.15) is 5.82 Å². The molecule has 17 heavy (non-hydrogen) atoms. The monoisotopic (exact) mass is 291 g/mol. The quantitative estimate of drug-likeness (QED) is 0.779. The third kappa shape index (κ3) is 1.81. The van der Waals surface area contributed by atoms with E-state index in [1.54, 1.807) is 0 Å². The Morgan fingerprint density at radius 1 is 1.41 bits per heavy atom. The summed E-state index contributed by atoms with van der Waals surface area (Å²) in [6, 6.07) is 6.28. The highest BCUT2D eigenvalue weighted by molar-refractivity contribution is 9.10. The third-order valence-electron chi connectivity index (χ3n) is 3.17. The molecule has 1 heterocycles. The van der Waals surface area contributed by atoms with E-state index in [1.165, 1.54) is 21.3 Å². The Morgan fingerprint density at radius 3 is 3.12 bits per heavy atom. The van der Waals surface area contributed by atoms with Gasteiger partial charge in [0.15, 0.2) is 0 Å². The first-order valence-corrected chi connectivity index (χ1v) is 6.64. The molecule has 0 amide bonds. The van der Waals surface area contributed by atoms with E-state index < -0.39 is 0 Å². The van der Waals surface area contributed by atoms with E-state index in [2.05, 4.69) is 44.1 Å². The maximum Gasteiger partial charge on any atom is 0.107 e. The van der Waals surface area contributed by atoms with Gasteiger partial charge >= 0.3 is 0 Å². The Hall–Kier alpha value is -1.13. The molecule has 3 nitrogen and oxygen atoms in total. The molecule has 0 atom stereocenters. The fourth-order valence-corrected chi connectivity index (χ4v) is 2.85. The number of aromatic nitrogens is 2. The van der Waals surface area contributed by atoms with E-state index in [-0.39, 0.29) is 0 Å². The van der Waals surface area contributed by atoms with Gasteiger partial charge in [0.2, 0.25) is 0 Å². The number of fused-ring (bicyclic) bond motifs is 3. The summed E-state index contributed by atoms with van der Waals surface area (Å²) >= 11 is 3.59. The summed E-state index contributed by atoms with van der Waals surface area (Å²) in [6.45, 7) is 0.716. The number of H-pyrrole nitrogens is 1. The van der Waals surface area contributed by atoms with Crippen LogP contribution in [0, 0.1) is 0 Å². The molecule has 0 saturated carbocycles. The average molecular weight is 292 g/mol. The zero-order chi connectivity index (χ0) is 11.8. The molecule has 88 valence electrons. The smallest absolute Gasteiger partial charge is 0.107 e. The predicted octanol–water partition coefficient (Wildman–Crippen LogP) is 2.63. The molecular weight excluding hydrogens is 278 g/mol. The molecule has 1 aromatic heterocycles. The highest BCUT2D eigenvalue weighted by Crippen LogP contribution is 2.38. The minimum Gasteiger partial charge on any atom is -0.345 e. The SMILES string of the molecule is NCCCc1nc2c([nH]1)Cc1c(Br)cccc1-2. The summed E-state index contributed by atoms with van der Waals surface area (Å²) in [4.78, 5) is 8.09. The number of aromatic amines is 1. The van der Waals surface area contributed by atoms with Gasteiger partial charge in [-0.1, -0.05) is 28.1 Å². The predicted molar refractivity (Wildman–Crippen MR) is 71.9 cm³/mol. The van der Waals surface area contributed by atoms with Gasteiger partial charge in [-0.25, -0.2) is 4.98 Å². The van der Waals surface area contributed by atoms with Crippen molar-refractivity contribution in [1.82, 2.24) is 9.97 Å². The van der Waals surface area contributed by atoms with Crippen LogP contribution in [0.25, 0.3) is 11.3 Å². The molecule has 2 aromatic rings. The number of aryl methyl sites for hydroxylation is 1. The van der Waals surface area contributed by atoms with E-state index in [0.29, 0.717) is 6.54 Å². The van der Waals surface area contributed by atoms with Crippen LogP contribution in [-0.4, -0.2) is 16.5 Å². The Bertz CT molecular complexity index is 560. The first-order valence-electron chi connectivity index (χ1n) is 5.85. The van der Waals surface area contributed by atoms with E-state index in [0.717, 1.165) is 30.8 Å². The van der Waals surface area contributed by atoms with Crippen molar-refractivity contribution in [3.05, 3.63) is 39.8 Å². The zero-order valence-electron chi connectivity index (χ0n) is 9.46. The summed E-state index contributed by atoms with van der Waals surface area (Å²) in [5, 5.41) is 0. The van der Waals surface area contributed by atoms with E-state index in [9.17, 15) is 0 Å². The number of hydrogen-bond donors (Lipinski definition) is 2. The average Bonchev–Trinajstić information content (AvgIpc) is 2.85. The number of hydrogen-bond acceptors (Lipinski definition) is 2. The van der Waals surface area contributed by atoms with Crippen LogP contribution in [0.2, 0.25) is 0 Å². The maximum atomic E-state index is 5.52. The molecule has 3 N–H and O–H groups in total. The second-order valence-corrected chi connectivity index (χ2v) is 5.20. The van der Waals surface area contributed by atoms with Crippen LogP contribution < -0.4 is 5.73 Å². The lowest BCUT2D eigenvalue weighted by atomic mass is 10.1. The molecule has 0 bridgehead atoms. The van der Waals surface area contributed by atoms with Crippen LogP contribution in [0.3, 0.4) is 0 Å². The molecule has 4 heteroatoms. The zero-order valence-corrected chi connectivity index (χ0v) is 11.0. The highest BCUT2D eigenvalue weighted by Gasteiger charge is 2.23. The summed E-state index contributed by atoms with van der Waals surface area (Å²) in [5.41, 5.74) is 10.5. The van der Waals surface area contributed by atoms with Crippen molar-refractivity contribution >= 4 is 15.9 Å². The van der Waals surface area contributed by atoms with E-state index >= 15 is 0 Å². The Kier molecular flexibility index (Phi) is 2.76. The van der Waals surface area contributed by atoms with Crippen LogP contribution in [0.15, 0.2) is 22.7 Å². The van der Waals surface area contributed by atoms with Gasteiger partial charge in [-0.15, -0.1) is 0 Å². The number of benzene rings is 1. The molecule has 0 spiro atoms. The summed E-state index contributed by atoms with van der Waals surface area (Å²) in [7, 11) is 0. The second-order valence-electron chi connectivity index (χ2n) is 4.35. The Morgan fingerprint density at radius 2 is 2.29 bits per heavy atom. The van der Waals surface area contributed by atoms with Gasteiger partial charge in [0.25, 0.3) is 0 Å². The van der Waals surface area contributed by atoms with Crippen molar-refractivity contribution in [3.8, 4) is 11.3 Å². The number of imidazole rings is 1. The third-order valence-corrected chi connectivity index (χ3v) is 3.92. The molecular formula is C13H14BrN3.